The third-order valence-corrected chi connectivity index (χ3v) is 4.01. The summed E-state index contributed by atoms with van der Waals surface area (Å²) < 4.78 is 0. The molecule has 0 amide bonds. The first kappa shape index (κ1) is 12.2. The highest BCUT2D eigenvalue weighted by atomic mass is 15.3. The zero-order valence-electron chi connectivity index (χ0n) is 11.5. The lowest BCUT2D eigenvalue weighted by molar-refractivity contribution is 0.302. The molecule has 2 heterocycles. The average Bonchev–Trinajstić information content (AvgIpc) is 2.43. The Balaban J connectivity index is 1.84. The van der Waals surface area contributed by atoms with Crippen molar-refractivity contribution in [1.29, 1.82) is 0 Å². The Bertz CT molecular complexity index is 547. The van der Waals surface area contributed by atoms with Crippen molar-refractivity contribution in [2.45, 2.75) is 26.2 Å². The van der Waals surface area contributed by atoms with Crippen molar-refractivity contribution in [2.24, 2.45) is 10.7 Å². The monoisotopic (exact) mass is 256 g/mol. The Labute approximate surface area is 114 Å². The minimum Gasteiger partial charge on any atom is -0.352 e. The normalized spacial score (nSPS) is 22.8. The van der Waals surface area contributed by atoms with Crippen LogP contribution in [-0.4, -0.2) is 35.5 Å². The molecule has 0 aliphatic carbocycles. The molecule has 1 aromatic carbocycles. The molecule has 0 bridgehead atoms. The largest absolute Gasteiger partial charge is 0.352 e. The lowest BCUT2D eigenvalue weighted by atomic mass is 10.00. The van der Waals surface area contributed by atoms with E-state index in [2.05, 4.69) is 47.2 Å². The van der Waals surface area contributed by atoms with Crippen LogP contribution in [0.5, 0.6) is 0 Å². The van der Waals surface area contributed by atoms with E-state index in [0.29, 0.717) is 0 Å². The molecule has 2 aliphatic rings. The van der Waals surface area contributed by atoms with Crippen LogP contribution in [0, 0.1) is 0 Å². The van der Waals surface area contributed by atoms with Gasteiger partial charge in [0.1, 0.15) is 5.84 Å². The van der Waals surface area contributed by atoms with Crippen LogP contribution in [0.3, 0.4) is 0 Å². The van der Waals surface area contributed by atoms with Crippen LogP contribution in [0.25, 0.3) is 0 Å². The smallest absolute Gasteiger partial charge is 0.175 e. The summed E-state index contributed by atoms with van der Waals surface area (Å²) >= 11 is 0. The second-order valence-electron chi connectivity index (χ2n) is 5.24. The molecule has 0 aromatic heterocycles. The molecule has 0 saturated heterocycles. The fourth-order valence-electron chi connectivity index (χ4n) is 2.62. The number of fused-ring (bicyclic) bond motifs is 1. The highest BCUT2D eigenvalue weighted by Crippen LogP contribution is 2.21. The van der Waals surface area contributed by atoms with Crippen LogP contribution >= 0.6 is 0 Å². The summed E-state index contributed by atoms with van der Waals surface area (Å²) in [4.78, 5) is 8.89. The van der Waals surface area contributed by atoms with Gasteiger partial charge in [-0.25, -0.2) is 4.99 Å². The molecule has 100 valence electrons. The van der Waals surface area contributed by atoms with Gasteiger partial charge in [-0.15, -0.1) is 0 Å². The molecule has 2 N–H and O–H groups in total. The van der Waals surface area contributed by atoms with Gasteiger partial charge in [0.2, 0.25) is 0 Å². The Morgan fingerprint density at radius 1 is 1.26 bits per heavy atom. The lowest BCUT2D eigenvalue weighted by Crippen LogP contribution is -2.44. The molecule has 0 fully saturated rings. The second kappa shape index (κ2) is 4.70. The number of allylic oxidation sites excluding steroid dienone is 1. The molecule has 2 aliphatic heterocycles. The van der Waals surface area contributed by atoms with Crippen LogP contribution in [0.1, 0.15) is 18.1 Å². The summed E-state index contributed by atoms with van der Waals surface area (Å²) in [5, 5.41) is 0. The van der Waals surface area contributed by atoms with E-state index in [-0.39, 0.29) is 6.29 Å². The Morgan fingerprint density at radius 3 is 2.74 bits per heavy atom. The maximum Gasteiger partial charge on any atom is 0.175 e. The molecule has 3 rings (SSSR count). The van der Waals surface area contributed by atoms with E-state index in [9.17, 15) is 0 Å². The first-order chi connectivity index (χ1) is 9.15. The third kappa shape index (κ3) is 2.24. The number of hydrogen-bond donors (Lipinski definition) is 1. The number of rotatable bonds is 0. The molecule has 1 unspecified atom stereocenters. The van der Waals surface area contributed by atoms with E-state index >= 15 is 0 Å². The summed E-state index contributed by atoms with van der Waals surface area (Å²) in [5.74, 6) is 1.01. The molecular weight excluding hydrogens is 236 g/mol. The van der Waals surface area contributed by atoms with Crippen LogP contribution in [0.4, 0.5) is 0 Å². The molecule has 4 nitrogen and oxygen atoms in total. The first-order valence-electron chi connectivity index (χ1n) is 6.71. The number of amidine groups is 1. The van der Waals surface area contributed by atoms with E-state index in [1.165, 1.54) is 11.1 Å². The van der Waals surface area contributed by atoms with Crippen molar-refractivity contribution in [3.63, 3.8) is 0 Å². The molecule has 4 heteroatoms. The molecule has 0 spiro atoms. The van der Waals surface area contributed by atoms with Gasteiger partial charge in [-0.2, -0.15) is 0 Å². The second-order valence-corrected chi connectivity index (χ2v) is 5.24. The summed E-state index contributed by atoms with van der Waals surface area (Å²) in [6, 6.07) is 8.64. The Morgan fingerprint density at radius 2 is 2.00 bits per heavy atom. The van der Waals surface area contributed by atoms with Crippen LogP contribution in [0.2, 0.25) is 0 Å². The topological polar surface area (TPSA) is 44.9 Å². The number of hydrogen-bond acceptors (Lipinski definition) is 4. The predicted molar refractivity (Wildman–Crippen MR) is 77.5 cm³/mol. The average molecular weight is 256 g/mol. The van der Waals surface area contributed by atoms with Crippen LogP contribution in [0.15, 0.2) is 41.0 Å². The number of aliphatic imine (C=N–C) groups is 1. The van der Waals surface area contributed by atoms with Gasteiger partial charge < -0.3 is 9.80 Å². The van der Waals surface area contributed by atoms with Gasteiger partial charge in [-0.3, -0.25) is 5.73 Å². The summed E-state index contributed by atoms with van der Waals surface area (Å²) in [7, 11) is 1.97. The standard InChI is InChI=1S/C15H20N4/c1-11-9-14(17-15(16)18(11)2)19-8-7-12-5-3-4-6-13(12)10-19/h3-6,9,15H,7-8,10,16H2,1-2H3. The molecule has 0 radical (unpaired) electrons. The predicted octanol–water partition coefficient (Wildman–Crippen LogP) is 1.53. The molecule has 19 heavy (non-hydrogen) atoms. The zero-order chi connectivity index (χ0) is 13.4. The number of nitrogens with two attached hydrogens (primary N) is 1. The zero-order valence-corrected chi connectivity index (χ0v) is 11.5. The quantitative estimate of drug-likeness (QED) is 0.765. The fraction of sp³-hybridized carbons (Fsp3) is 0.400. The summed E-state index contributed by atoms with van der Waals surface area (Å²) in [6.07, 6.45) is 2.93. The Hall–Kier alpha value is -1.81. The van der Waals surface area contributed by atoms with E-state index in [1.807, 2.05) is 11.9 Å². The maximum absolute atomic E-state index is 6.03. The van der Waals surface area contributed by atoms with Gasteiger partial charge in [-0.1, -0.05) is 24.3 Å². The van der Waals surface area contributed by atoms with Gasteiger partial charge in [0.25, 0.3) is 0 Å². The minimum atomic E-state index is -0.267. The van der Waals surface area contributed by atoms with Gasteiger partial charge in [0.15, 0.2) is 6.29 Å². The van der Waals surface area contributed by atoms with E-state index in [0.717, 1.165) is 31.0 Å². The summed E-state index contributed by atoms with van der Waals surface area (Å²) in [6.45, 7) is 4.01. The van der Waals surface area contributed by atoms with Crippen molar-refractivity contribution >= 4 is 5.84 Å². The van der Waals surface area contributed by atoms with Gasteiger partial charge >= 0.3 is 0 Å². The van der Waals surface area contributed by atoms with Crippen molar-refractivity contribution in [3.8, 4) is 0 Å². The minimum absolute atomic E-state index is 0.267. The SMILES string of the molecule is CC1=CC(N2CCc3ccccc3C2)=NC(N)N1C. The first-order valence-corrected chi connectivity index (χ1v) is 6.71. The van der Waals surface area contributed by atoms with Crippen molar-refractivity contribution in [1.82, 2.24) is 9.80 Å². The summed E-state index contributed by atoms with van der Waals surface area (Å²) in [5.41, 5.74) is 10.0. The number of nitrogens with zero attached hydrogens (tertiary/aromatic N) is 3. The molecule has 0 saturated carbocycles. The van der Waals surface area contributed by atoms with Crippen LogP contribution in [-0.2, 0) is 13.0 Å². The third-order valence-electron chi connectivity index (χ3n) is 4.01. The van der Waals surface area contributed by atoms with Crippen molar-refractivity contribution in [3.05, 3.63) is 47.2 Å². The highest BCUT2D eigenvalue weighted by molar-refractivity contribution is 5.94. The van der Waals surface area contributed by atoms with Crippen molar-refractivity contribution < 1.29 is 0 Å². The Kier molecular flexibility index (Phi) is 3.03. The maximum atomic E-state index is 6.03. The highest BCUT2D eigenvalue weighted by Gasteiger charge is 2.22. The molecule has 1 aromatic rings. The van der Waals surface area contributed by atoms with Gasteiger partial charge in [-0.05, 0) is 30.5 Å². The lowest BCUT2D eigenvalue weighted by Gasteiger charge is -2.35. The van der Waals surface area contributed by atoms with E-state index in [1.54, 1.807) is 0 Å². The molecule has 1 atom stereocenters. The van der Waals surface area contributed by atoms with Crippen LogP contribution < -0.4 is 5.73 Å². The van der Waals surface area contributed by atoms with Gasteiger partial charge in [0, 0.05) is 25.8 Å². The van der Waals surface area contributed by atoms with Gasteiger partial charge in [0.05, 0.1) is 0 Å². The molecular formula is C15H20N4. The number of benzene rings is 1. The van der Waals surface area contributed by atoms with Crippen molar-refractivity contribution in [2.75, 3.05) is 13.6 Å². The van der Waals surface area contributed by atoms with E-state index in [4.69, 9.17) is 5.73 Å². The fourth-order valence-corrected chi connectivity index (χ4v) is 2.62. The van der Waals surface area contributed by atoms with E-state index < -0.39 is 0 Å².